The highest BCUT2D eigenvalue weighted by molar-refractivity contribution is 6.48. The maximum absolute atomic E-state index is 6.18. The van der Waals surface area contributed by atoms with Crippen molar-refractivity contribution in [2.45, 2.75) is 25.6 Å². The average Bonchev–Trinajstić information content (AvgIpc) is 2.40. The lowest BCUT2D eigenvalue weighted by Gasteiger charge is -2.21. The van der Waals surface area contributed by atoms with Crippen LogP contribution in [0.1, 0.15) is 17.2 Å². The van der Waals surface area contributed by atoms with Gasteiger partial charge in [-0.05, 0) is 24.2 Å². The third-order valence-corrected chi connectivity index (χ3v) is 3.74. The number of rotatable bonds is 5. The molecule has 0 radical (unpaired) electrons. The van der Waals surface area contributed by atoms with E-state index in [4.69, 9.17) is 4.43 Å². The van der Waals surface area contributed by atoms with Gasteiger partial charge in [0, 0.05) is 6.42 Å². The van der Waals surface area contributed by atoms with Crippen molar-refractivity contribution in [1.29, 1.82) is 0 Å². The van der Waals surface area contributed by atoms with E-state index in [9.17, 15) is 0 Å². The van der Waals surface area contributed by atoms with Crippen molar-refractivity contribution < 1.29 is 4.43 Å². The topological polar surface area (TPSA) is 9.23 Å². The normalized spacial score (nSPS) is 12.6. The van der Waals surface area contributed by atoms with E-state index in [2.05, 4.69) is 73.8 Å². The molecular formula is C16H20OSi. The molecule has 94 valence electrons. The second kappa shape index (κ2) is 6.52. The average molecular weight is 256 g/mol. The second-order valence-corrected chi connectivity index (χ2v) is 7.14. The molecule has 0 saturated carbocycles. The van der Waals surface area contributed by atoms with Gasteiger partial charge in [-0.1, -0.05) is 60.7 Å². The molecule has 0 N–H and O–H groups in total. The third kappa shape index (κ3) is 3.83. The molecule has 1 nitrogen and oxygen atoms in total. The summed E-state index contributed by atoms with van der Waals surface area (Å²) in [6.07, 6.45) is 1.15. The fourth-order valence-electron chi connectivity index (χ4n) is 2.07. The van der Waals surface area contributed by atoms with Crippen LogP contribution >= 0.6 is 0 Å². The Bertz CT molecular complexity index is 453. The van der Waals surface area contributed by atoms with Gasteiger partial charge in [0.1, 0.15) is 0 Å². The van der Waals surface area contributed by atoms with Gasteiger partial charge in [0.25, 0.3) is 0 Å². The fourth-order valence-corrected chi connectivity index (χ4v) is 2.98. The fraction of sp³-hybridized carbons (Fsp3) is 0.250. The molecule has 1 unspecified atom stereocenters. The first kappa shape index (κ1) is 13.1. The molecule has 0 spiro atoms. The van der Waals surface area contributed by atoms with Crippen molar-refractivity contribution >= 4 is 9.04 Å². The van der Waals surface area contributed by atoms with Crippen LogP contribution in [0.2, 0.25) is 13.1 Å². The van der Waals surface area contributed by atoms with Crippen LogP contribution in [0, 0.1) is 0 Å². The van der Waals surface area contributed by atoms with E-state index in [1.54, 1.807) is 0 Å². The van der Waals surface area contributed by atoms with Crippen LogP contribution in [0.25, 0.3) is 0 Å². The molecule has 2 rings (SSSR count). The van der Waals surface area contributed by atoms with E-state index < -0.39 is 9.04 Å². The summed E-state index contributed by atoms with van der Waals surface area (Å²) in [6, 6.07) is 21.1. The second-order valence-electron chi connectivity index (χ2n) is 4.77. The van der Waals surface area contributed by atoms with Gasteiger partial charge in [-0.15, -0.1) is 0 Å². The molecule has 2 aromatic rings. The largest absolute Gasteiger partial charge is 0.413 e. The van der Waals surface area contributed by atoms with Crippen molar-refractivity contribution in [3.8, 4) is 0 Å². The minimum absolute atomic E-state index is 0.195. The first-order chi connectivity index (χ1) is 8.75. The Balaban J connectivity index is 2.16. The maximum atomic E-state index is 6.18. The molecule has 0 heterocycles. The number of hydrogen-bond acceptors (Lipinski definition) is 1. The predicted molar refractivity (Wildman–Crippen MR) is 79.3 cm³/mol. The van der Waals surface area contributed by atoms with E-state index in [1.165, 1.54) is 11.1 Å². The Morgan fingerprint density at radius 2 is 1.44 bits per heavy atom. The highest BCUT2D eigenvalue weighted by Gasteiger charge is 2.14. The minimum Gasteiger partial charge on any atom is -0.413 e. The molecule has 1 atom stereocenters. The predicted octanol–water partition coefficient (Wildman–Crippen LogP) is 3.97. The van der Waals surface area contributed by atoms with E-state index in [-0.39, 0.29) is 6.10 Å². The zero-order valence-electron chi connectivity index (χ0n) is 11.0. The summed E-state index contributed by atoms with van der Waals surface area (Å²) in [6.45, 7) is 4.45. The highest BCUT2D eigenvalue weighted by atomic mass is 28.3. The quantitative estimate of drug-likeness (QED) is 0.736. The molecule has 0 fully saturated rings. The first-order valence-corrected chi connectivity index (χ1v) is 9.28. The summed E-state index contributed by atoms with van der Waals surface area (Å²) >= 11 is 0. The van der Waals surface area contributed by atoms with Gasteiger partial charge in [0.2, 0.25) is 0 Å². The standard InChI is InChI=1S/C16H20OSi/c1-18(2)17-16(15-11-7-4-8-12-15)13-14-9-5-3-6-10-14/h3-12,16,18H,13H2,1-2H3. The lowest BCUT2D eigenvalue weighted by molar-refractivity contribution is 0.209. The Morgan fingerprint density at radius 1 is 0.889 bits per heavy atom. The van der Waals surface area contributed by atoms with Gasteiger partial charge < -0.3 is 4.43 Å². The first-order valence-electron chi connectivity index (χ1n) is 6.50. The van der Waals surface area contributed by atoms with E-state index in [0.29, 0.717) is 0 Å². The highest BCUT2D eigenvalue weighted by Crippen LogP contribution is 2.23. The Labute approximate surface area is 111 Å². The summed E-state index contributed by atoms with van der Waals surface area (Å²) in [5.74, 6) is 0. The van der Waals surface area contributed by atoms with Crippen molar-refractivity contribution in [1.82, 2.24) is 0 Å². The number of benzene rings is 2. The van der Waals surface area contributed by atoms with Crippen molar-refractivity contribution in [3.63, 3.8) is 0 Å². The molecule has 2 aromatic carbocycles. The van der Waals surface area contributed by atoms with Gasteiger partial charge >= 0.3 is 0 Å². The lowest BCUT2D eigenvalue weighted by Crippen LogP contribution is -2.16. The van der Waals surface area contributed by atoms with Gasteiger partial charge in [-0.25, -0.2) is 0 Å². The van der Waals surface area contributed by atoms with E-state index in [1.807, 2.05) is 0 Å². The van der Waals surface area contributed by atoms with Crippen LogP contribution in [0.4, 0.5) is 0 Å². The third-order valence-electron chi connectivity index (χ3n) is 2.87. The molecule has 0 bridgehead atoms. The van der Waals surface area contributed by atoms with Crippen LogP contribution in [0.3, 0.4) is 0 Å². The molecule has 0 aliphatic rings. The minimum atomic E-state index is -1.04. The van der Waals surface area contributed by atoms with E-state index in [0.717, 1.165) is 6.42 Å². The molecular weight excluding hydrogens is 236 g/mol. The van der Waals surface area contributed by atoms with E-state index >= 15 is 0 Å². The summed E-state index contributed by atoms with van der Waals surface area (Å²) < 4.78 is 6.18. The zero-order chi connectivity index (χ0) is 12.8. The molecule has 18 heavy (non-hydrogen) atoms. The molecule has 0 aliphatic carbocycles. The van der Waals surface area contributed by atoms with Crippen LogP contribution in [0.5, 0.6) is 0 Å². The Morgan fingerprint density at radius 3 is 2.00 bits per heavy atom. The Hall–Kier alpha value is -1.38. The van der Waals surface area contributed by atoms with Crippen LogP contribution in [0.15, 0.2) is 60.7 Å². The van der Waals surface area contributed by atoms with Crippen molar-refractivity contribution in [2.24, 2.45) is 0 Å². The molecule has 0 aromatic heterocycles. The van der Waals surface area contributed by atoms with Gasteiger partial charge in [0.05, 0.1) is 6.10 Å². The SMILES string of the molecule is C[SiH](C)OC(Cc1ccccc1)c1ccccc1. The van der Waals surface area contributed by atoms with Gasteiger partial charge in [-0.3, -0.25) is 0 Å². The van der Waals surface area contributed by atoms with Crippen molar-refractivity contribution in [3.05, 3.63) is 71.8 Å². The van der Waals surface area contributed by atoms with Gasteiger partial charge in [0.15, 0.2) is 9.04 Å². The smallest absolute Gasteiger partial charge is 0.171 e. The molecule has 0 amide bonds. The van der Waals surface area contributed by atoms with Gasteiger partial charge in [-0.2, -0.15) is 0 Å². The van der Waals surface area contributed by atoms with Crippen LogP contribution in [-0.4, -0.2) is 9.04 Å². The monoisotopic (exact) mass is 256 g/mol. The molecule has 0 saturated heterocycles. The maximum Gasteiger partial charge on any atom is 0.171 e. The summed E-state index contributed by atoms with van der Waals surface area (Å²) in [7, 11) is -1.04. The summed E-state index contributed by atoms with van der Waals surface area (Å²) in [5.41, 5.74) is 2.61. The Kier molecular flexibility index (Phi) is 4.73. The summed E-state index contributed by atoms with van der Waals surface area (Å²) in [4.78, 5) is 0. The van der Waals surface area contributed by atoms with Crippen LogP contribution in [-0.2, 0) is 10.8 Å². The van der Waals surface area contributed by atoms with Crippen molar-refractivity contribution in [2.75, 3.05) is 0 Å². The number of hydrogen-bond donors (Lipinski definition) is 0. The molecule has 2 heteroatoms. The lowest BCUT2D eigenvalue weighted by atomic mass is 10.0. The zero-order valence-corrected chi connectivity index (χ0v) is 12.2. The summed E-state index contributed by atoms with van der Waals surface area (Å²) in [5, 5.41) is 0. The van der Waals surface area contributed by atoms with Crippen LogP contribution < -0.4 is 0 Å². The molecule has 0 aliphatic heterocycles.